The highest BCUT2D eigenvalue weighted by Crippen LogP contribution is 2.30. The van der Waals surface area contributed by atoms with Gasteiger partial charge < -0.3 is 10.1 Å². The van der Waals surface area contributed by atoms with Crippen LogP contribution < -0.4 is 10.1 Å². The lowest BCUT2D eigenvalue weighted by molar-refractivity contribution is 0.0904. The van der Waals surface area contributed by atoms with Gasteiger partial charge in [0.05, 0.1) is 0 Å². The van der Waals surface area contributed by atoms with E-state index in [1.54, 1.807) is 0 Å². The molecule has 1 aliphatic carbocycles. The zero-order valence-corrected chi connectivity index (χ0v) is 13.9. The fraction of sp³-hybridized carbons (Fsp3) is 0.684. The molecule has 1 aromatic rings. The fourth-order valence-electron chi connectivity index (χ4n) is 3.16. The Hall–Kier alpha value is -1.02. The van der Waals surface area contributed by atoms with Gasteiger partial charge >= 0.3 is 0 Å². The minimum Gasteiger partial charge on any atom is -0.490 e. The molecule has 0 radical (unpaired) electrons. The van der Waals surface area contributed by atoms with Gasteiger partial charge in [0, 0.05) is 6.54 Å². The van der Waals surface area contributed by atoms with Crippen LogP contribution >= 0.6 is 0 Å². The monoisotopic (exact) mass is 289 g/mol. The Labute approximate surface area is 130 Å². The van der Waals surface area contributed by atoms with E-state index >= 15 is 0 Å². The number of nitrogens with one attached hydrogen (secondary N) is 1. The molecule has 0 amide bonds. The van der Waals surface area contributed by atoms with Gasteiger partial charge in [0.15, 0.2) is 0 Å². The van der Waals surface area contributed by atoms with E-state index in [2.05, 4.69) is 50.4 Å². The van der Waals surface area contributed by atoms with Crippen molar-refractivity contribution in [3.05, 3.63) is 29.8 Å². The fourth-order valence-corrected chi connectivity index (χ4v) is 3.16. The van der Waals surface area contributed by atoms with E-state index in [9.17, 15) is 0 Å². The Kier molecular flexibility index (Phi) is 6.56. The summed E-state index contributed by atoms with van der Waals surface area (Å²) in [5.41, 5.74) is 1.33. The van der Waals surface area contributed by atoms with Crippen LogP contribution in [0.25, 0.3) is 0 Å². The number of ether oxygens (including phenoxy) is 1. The first kappa shape index (κ1) is 16.4. The second kappa shape index (κ2) is 8.43. The predicted molar refractivity (Wildman–Crippen MR) is 89.7 cm³/mol. The zero-order chi connectivity index (χ0) is 15.1. The molecule has 2 heteroatoms. The maximum absolute atomic E-state index is 6.24. The summed E-state index contributed by atoms with van der Waals surface area (Å²) in [7, 11) is 0. The van der Waals surface area contributed by atoms with Gasteiger partial charge in [0.25, 0.3) is 0 Å². The van der Waals surface area contributed by atoms with Crippen LogP contribution in [0, 0.1) is 11.8 Å². The normalized spacial score (nSPS) is 22.5. The largest absolute Gasteiger partial charge is 0.490 e. The molecule has 2 rings (SSSR count). The SMILES string of the molecule is CCC1CCCCC1Oc1ccc(CNCC(C)C)cc1. The third-order valence-electron chi connectivity index (χ3n) is 4.46. The first-order valence-corrected chi connectivity index (χ1v) is 8.65. The van der Waals surface area contributed by atoms with Crippen LogP contribution in [0.15, 0.2) is 24.3 Å². The summed E-state index contributed by atoms with van der Waals surface area (Å²) in [6, 6.07) is 8.64. The number of rotatable bonds is 7. The molecule has 2 unspecified atom stereocenters. The molecule has 1 N–H and O–H groups in total. The third kappa shape index (κ3) is 5.35. The molecule has 1 saturated carbocycles. The third-order valence-corrected chi connectivity index (χ3v) is 4.46. The quantitative estimate of drug-likeness (QED) is 0.780. The van der Waals surface area contributed by atoms with Crippen molar-refractivity contribution in [2.75, 3.05) is 6.54 Å². The number of benzene rings is 1. The molecule has 21 heavy (non-hydrogen) atoms. The van der Waals surface area contributed by atoms with Gasteiger partial charge in [-0.15, -0.1) is 0 Å². The second-order valence-electron chi connectivity index (χ2n) is 6.78. The van der Waals surface area contributed by atoms with Crippen molar-refractivity contribution in [3.8, 4) is 5.75 Å². The van der Waals surface area contributed by atoms with E-state index in [-0.39, 0.29) is 0 Å². The molecule has 2 atom stereocenters. The smallest absolute Gasteiger partial charge is 0.119 e. The van der Waals surface area contributed by atoms with E-state index in [0.29, 0.717) is 12.0 Å². The predicted octanol–water partition coefficient (Wildman–Crippen LogP) is 4.78. The summed E-state index contributed by atoms with van der Waals surface area (Å²) in [6.45, 7) is 8.77. The summed E-state index contributed by atoms with van der Waals surface area (Å²) in [4.78, 5) is 0. The maximum atomic E-state index is 6.24. The van der Waals surface area contributed by atoms with Crippen LogP contribution in [0.4, 0.5) is 0 Å². The van der Waals surface area contributed by atoms with Crippen LogP contribution in [0.5, 0.6) is 5.75 Å². The van der Waals surface area contributed by atoms with E-state index in [1.165, 1.54) is 37.7 Å². The Balaban J connectivity index is 1.83. The van der Waals surface area contributed by atoms with Gasteiger partial charge in [-0.2, -0.15) is 0 Å². The lowest BCUT2D eigenvalue weighted by atomic mass is 9.85. The second-order valence-corrected chi connectivity index (χ2v) is 6.78. The van der Waals surface area contributed by atoms with Crippen molar-refractivity contribution in [3.63, 3.8) is 0 Å². The topological polar surface area (TPSA) is 21.3 Å². The molecule has 0 saturated heterocycles. The Morgan fingerprint density at radius 2 is 1.86 bits per heavy atom. The first-order valence-electron chi connectivity index (χ1n) is 8.65. The summed E-state index contributed by atoms with van der Waals surface area (Å²) in [6.07, 6.45) is 6.90. The first-order chi connectivity index (χ1) is 10.2. The molecular formula is C19H31NO. The van der Waals surface area contributed by atoms with Crippen LogP contribution in [0.1, 0.15) is 58.4 Å². The molecule has 1 fully saturated rings. The average molecular weight is 289 g/mol. The molecule has 1 aromatic carbocycles. The summed E-state index contributed by atoms with van der Waals surface area (Å²) in [5, 5.41) is 3.48. The summed E-state index contributed by atoms with van der Waals surface area (Å²) >= 11 is 0. The standard InChI is InChI=1S/C19H31NO/c1-4-17-7-5-6-8-19(17)21-18-11-9-16(10-12-18)14-20-13-15(2)3/h9-12,15,17,19-20H,4-8,13-14H2,1-3H3. The maximum Gasteiger partial charge on any atom is 0.119 e. The molecule has 0 aromatic heterocycles. The molecule has 0 heterocycles. The highest BCUT2D eigenvalue weighted by molar-refractivity contribution is 5.27. The van der Waals surface area contributed by atoms with Crippen molar-refractivity contribution in [1.82, 2.24) is 5.32 Å². The van der Waals surface area contributed by atoms with E-state index < -0.39 is 0 Å². The van der Waals surface area contributed by atoms with Crippen molar-refractivity contribution in [2.24, 2.45) is 11.8 Å². The van der Waals surface area contributed by atoms with Gasteiger partial charge in [-0.05, 0) is 61.8 Å². The number of hydrogen-bond acceptors (Lipinski definition) is 2. The molecule has 0 bridgehead atoms. The van der Waals surface area contributed by atoms with Gasteiger partial charge in [-0.25, -0.2) is 0 Å². The van der Waals surface area contributed by atoms with Crippen LogP contribution in [-0.2, 0) is 6.54 Å². The number of hydrogen-bond donors (Lipinski definition) is 1. The van der Waals surface area contributed by atoms with Crippen LogP contribution in [0.3, 0.4) is 0 Å². The lowest BCUT2D eigenvalue weighted by Crippen LogP contribution is -2.29. The van der Waals surface area contributed by atoms with Gasteiger partial charge in [-0.1, -0.05) is 39.3 Å². The molecule has 118 valence electrons. The van der Waals surface area contributed by atoms with E-state index in [0.717, 1.165) is 24.8 Å². The minimum atomic E-state index is 0.425. The molecule has 0 spiro atoms. The van der Waals surface area contributed by atoms with E-state index in [4.69, 9.17) is 4.74 Å². The van der Waals surface area contributed by atoms with Gasteiger partial charge in [0.2, 0.25) is 0 Å². The molecule has 1 aliphatic rings. The van der Waals surface area contributed by atoms with Crippen molar-refractivity contribution in [1.29, 1.82) is 0 Å². The lowest BCUT2D eigenvalue weighted by Gasteiger charge is -2.31. The van der Waals surface area contributed by atoms with Crippen molar-refractivity contribution < 1.29 is 4.74 Å². The highest BCUT2D eigenvalue weighted by Gasteiger charge is 2.25. The van der Waals surface area contributed by atoms with Crippen LogP contribution in [0.2, 0.25) is 0 Å². The zero-order valence-electron chi connectivity index (χ0n) is 13.9. The summed E-state index contributed by atoms with van der Waals surface area (Å²) in [5.74, 6) is 2.48. The van der Waals surface area contributed by atoms with Gasteiger partial charge in [-0.3, -0.25) is 0 Å². The summed E-state index contributed by atoms with van der Waals surface area (Å²) < 4.78 is 6.24. The highest BCUT2D eigenvalue weighted by atomic mass is 16.5. The Morgan fingerprint density at radius 3 is 2.52 bits per heavy atom. The van der Waals surface area contributed by atoms with Crippen molar-refractivity contribution in [2.45, 2.75) is 65.5 Å². The molecular weight excluding hydrogens is 258 g/mol. The average Bonchev–Trinajstić information content (AvgIpc) is 2.49. The molecule has 2 nitrogen and oxygen atoms in total. The van der Waals surface area contributed by atoms with E-state index in [1.807, 2.05) is 0 Å². The van der Waals surface area contributed by atoms with Gasteiger partial charge in [0.1, 0.15) is 11.9 Å². The minimum absolute atomic E-state index is 0.425. The van der Waals surface area contributed by atoms with Crippen LogP contribution in [-0.4, -0.2) is 12.6 Å². The van der Waals surface area contributed by atoms with Crippen molar-refractivity contribution >= 4 is 0 Å². The molecule has 0 aliphatic heterocycles. The Morgan fingerprint density at radius 1 is 1.14 bits per heavy atom. The Bertz CT molecular complexity index is 399.